The Morgan fingerprint density at radius 1 is 1.27 bits per heavy atom. The summed E-state index contributed by atoms with van der Waals surface area (Å²) in [6.07, 6.45) is 5.91. The number of nitrogens with two attached hydrogens (primary N) is 1. The zero-order valence-corrected chi connectivity index (χ0v) is 13.1. The lowest BCUT2D eigenvalue weighted by Crippen LogP contribution is -2.28. The molecule has 0 aliphatic carbocycles. The molecule has 1 heterocycles. The van der Waals surface area contributed by atoms with Crippen LogP contribution in [-0.2, 0) is 9.63 Å². The number of primary amides is 1. The number of benzene rings is 1. The molecule has 22 heavy (non-hydrogen) atoms. The maximum absolute atomic E-state index is 11.0. The molecule has 1 aliphatic rings. The van der Waals surface area contributed by atoms with Crippen molar-refractivity contribution in [1.82, 2.24) is 0 Å². The first-order valence-electron chi connectivity index (χ1n) is 7.96. The molecule has 2 N–H and O–H groups in total. The van der Waals surface area contributed by atoms with Gasteiger partial charge in [0.1, 0.15) is 5.75 Å². The second-order valence-electron chi connectivity index (χ2n) is 5.53. The number of hydrogen-bond donors (Lipinski definition) is 1. The topological polar surface area (TPSA) is 73.9 Å². The van der Waals surface area contributed by atoms with Crippen LogP contribution in [0, 0.1) is 0 Å². The van der Waals surface area contributed by atoms with Crippen LogP contribution in [0.4, 0.5) is 0 Å². The van der Waals surface area contributed by atoms with Crippen molar-refractivity contribution >= 4 is 11.6 Å². The maximum Gasteiger partial charge on any atom is 0.261 e. The third-order valence-corrected chi connectivity index (χ3v) is 3.69. The summed E-state index contributed by atoms with van der Waals surface area (Å²) in [5.41, 5.74) is 6.88. The molecule has 1 atom stereocenters. The lowest BCUT2D eigenvalue weighted by molar-refractivity contribution is -0.127. The van der Waals surface area contributed by atoms with E-state index in [9.17, 15) is 4.79 Å². The Kier molecular flexibility index (Phi) is 6.25. The molecule has 2 rings (SSSR count). The highest BCUT2D eigenvalue weighted by Crippen LogP contribution is 2.19. The first-order valence-corrected chi connectivity index (χ1v) is 7.96. The molecular weight excluding hydrogens is 280 g/mol. The van der Waals surface area contributed by atoms with Crippen LogP contribution in [0.15, 0.2) is 29.4 Å². The highest BCUT2D eigenvalue weighted by molar-refractivity contribution is 6.03. The molecule has 0 saturated carbocycles. The van der Waals surface area contributed by atoms with Crippen LogP contribution in [0.5, 0.6) is 5.75 Å². The predicted octanol–water partition coefficient (Wildman–Crippen LogP) is 3.01. The van der Waals surface area contributed by atoms with E-state index in [4.69, 9.17) is 15.3 Å². The van der Waals surface area contributed by atoms with E-state index in [1.54, 1.807) is 0 Å². The summed E-state index contributed by atoms with van der Waals surface area (Å²) < 4.78 is 5.72. The molecule has 1 aromatic carbocycles. The average molecular weight is 304 g/mol. The van der Waals surface area contributed by atoms with Gasteiger partial charge < -0.3 is 15.3 Å². The molecule has 1 aliphatic heterocycles. The van der Waals surface area contributed by atoms with Crippen molar-refractivity contribution in [2.24, 2.45) is 10.9 Å². The lowest BCUT2D eigenvalue weighted by Gasteiger charge is -2.07. The summed E-state index contributed by atoms with van der Waals surface area (Å²) in [5, 5.41) is 3.92. The van der Waals surface area contributed by atoms with Gasteiger partial charge in [-0.1, -0.05) is 37.8 Å². The summed E-state index contributed by atoms with van der Waals surface area (Å²) >= 11 is 0. The molecule has 1 aromatic rings. The largest absolute Gasteiger partial charge is 0.494 e. The Morgan fingerprint density at radius 2 is 2.00 bits per heavy atom. The van der Waals surface area contributed by atoms with Crippen LogP contribution in [0.25, 0.3) is 0 Å². The minimum atomic E-state index is -0.644. The normalized spacial score (nSPS) is 17.0. The van der Waals surface area contributed by atoms with Crippen molar-refractivity contribution < 1.29 is 14.4 Å². The van der Waals surface area contributed by atoms with E-state index in [2.05, 4.69) is 12.1 Å². The van der Waals surface area contributed by atoms with Gasteiger partial charge in [-0.2, -0.15) is 0 Å². The maximum atomic E-state index is 11.0. The van der Waals surface area contributed by atoms with E-state index < -0.39 is 12.0 Å². The van der Waals surface area contributed by atoms with E-state index in [0.717, 1.165) is 30.1 Å². The Bertz CT molecular complexity index is 511. The molecule has 5 heteroatoms. The molecule has 1 unspecified atom stereocenters. The van der Waals surface area contributed by atoms with Gasteiger partial charge in [-0.05, 0) is 36.2 Å². The van der Waals surface area contributed by atoms with E-state index in [-0.39, 0.29) is 0 Å². The molecule has 0 radical (unpaired) electrons. The van der Waals surface area contributed by atoms with Gasteiger partial charge in [-0.15, -0.1) is 0 Å². The minimum Gasteiger partial charge on any atom is -0.494 e. The predicted molar refractivity (Wildman–Crippen MR) is 85.9 cm³/mol. The van der Waals surface area contributed by atoms with Crippen LogP contribution in [0.3, 0.4) is 0 Å². The van der Waals surface area contributed by atoms with Gasteiger partial charge in [0.25, 0.3) is 5.91 Å². The SMILES string of the molecule is CCCCCCCOc1ccc(C2=NOC(C(N)=O)C2)cc1. The van der Waals surface area contributed by atoms with Crippen LogP contribution >= 0.6 is 0 Å². The summed E-state index contributed by atoms with van der Waals surface area (Å²) in [4.78, 5) is 16.1. The van der Waals surface area contributed by atoms with Crippen molar-refractivity contribution in [1.29, 1.82) is 0 Å². The lowest BCUT2D eigenvalue weighted by atomic mass is 10.0. The first-order chi connectivity index (χ1) is 10.7. The summed E-state index contributed by atoms with van der Waals surface area (Å²) in [6, 6.07) is 7.69. The van der Waals surface area contributed by atoms with Crippen molar-refractivity contribution in [2.75, 3.05) is 6.61 Å². The fourth-order valence-corrected chi connectivity index (χ4v) is 2.34. The zero-order chi connectivity index (χ0) is 15.8. The molecular formula is C17H24N2O3. The first kappa shape index (κ1) is 16.3. The quantitative estimate of drug-likeness (QED) is 0.713. The zero-order valence-electron chi connectivity index (χ0n) is 13.1. The Hall–Kier alpha value is -2.04. The molecule has 0 fully saturated rings. The van der Waals surface area contributed by atoms with Gasteiger partial charge in [0.2, 0.25) is 6.10 Å². The smallest absolute Gasteiger partial charge is 0.261 e. The highest BCUT2D eigenvalue weighted by atomic mass is 16.6. The van der Waals surface area contributed by atoms with Crippen LogP contribution in [0.2, 0.25) is 0 Å². The van der Waals surface area contributed by atoms with Gasteiger partial charge in [-0.3, -0.25) is 4.79 Å². The fraction of sp³-hybridized carbons (Fsp3) is 0.529. The third kappa shape index (κ3) is 4.76. The monoisotopic (exact) mass is 304 g/mol. The summed E-state index contributed by atoms with van der Waals surface area (Å²) in [6.45, 7) is 2.96. The number of unbranched alkanes of at least 4 members (excludes halogenated alkanes) is 4. The van der Waals surface area contributed by atoms with Gasteiger partial charge in [-0.25, -0.2) is 0 Å². The van der Waals surface area contributed by atoms with E-state index in [1.807, 2.05) is 24.3 Å². The van der Waals surface area contributed by atoms with Crippen molar-refractivity contribution in [3.05, 3.63) is 29.8 Å². The molecule has 5 nitrogen and oxygen atoms in total. The van der Waals surface area contributed by atoms with Gasteiger partial charge >= 0.3 is 0 Å². The number of oxime groups is 1. The molecule has 0 bridgehead atoms. The number of ether oxygens (including phenoxy) is 1. The van der Waals surface area contributed by atoms with Crippen LogP contribution in [-0.4, -0.2) is 24.3 Å². The van der Waals surface area contributed by atoms with E-state index in [1.165, 1.54) is 25.7 Å². The molecule has 120 valence electrons. The summed E-state index contributed by atoms with van der Waals surface area (Å²) in [5.74, 6) is 0.368. The summed E-state index contributed by atoms with van der Waals surface area (Å²) in [7, 11) is 0. The standard InChI is InChI=1S/C17H24N2O3/c1-2-3-4-5-6-11-21-14-9-7-13(8-10-14)15-12-16(17(18)20)22-19-15/h7-10,16H,2-6,11-12H2,1H3,(H2,18,20). The molecule has 0 saturated heterocycles. The number of nitrogens with zero attached hydrogens (tertiary/aromatic N) is 1. The second-order valence-corrected chi connectivity index (χ2v) is 5.53. The second kappa shape index (κ2) is 8.41. The van der Waals surface area contributed by atoms with Crippen molar-refractivity contribution in [3.8, 4) is 5.75 Å². The van der Waals surface area contributed by atoms with Crippen LogP contribution < -0.4 is 10.5 Å². The van der Waals surface area contributed by atoms with Crippen molar-refractivity contribution in [3.63, 3.8) is 0 Å². The molecule has 1 amide bonds. The highest BCUT2D eigenvalue weighted by Gasteiger charge is 2.26. The number of carbonyl (C=O) groups excluding carboxylic acids is 1. The number of amides is 1. The van der Waals surface area contributed by atoms with E-state index in [0.29, 0.717) is 6.42 Å². The van der Waals surface area contributed by atoms with Crippen molar-refractivity contribution in [2.45, 2.75) is 51.6 Å². The Balaban J connectivity index is 1.75. The third-order valence-electron chi connectivity index (χ3n) is 3.69. The van der Waals surface area contributed by atoms with Gasteiger partial charge in [0, 0.05) is 6.42 Å². The molecule has 0 aromatic heterocycles. The number of rotatable bonds is 9. The number of hydrogen-bond acceptors (Lipinski definition) is 4. The number of carbonyl (C=O) groups is 1. The van der Waals surface area contributed by atoms with E-state index >= 15 is 0 Å². The van der Waals surface area contributed by atoms with Crippen LogP contribution in [0.1, 0.15) is 51.0 Å². The van der Waals surface area contributed by atoms with Gasteiger partial charge in [0.15, 0.2) is 0 Å². The van der Waals surface area contributed by atoms with Gasteiger partial charge in [0.05, 0.1) is 12.3 Å². The fourth-order valence-electron chi connectivity index (χ4n) is 2.34. The molecule has 0 spiro atoms. The Morgan fingerprint density at radius 3 is 2.64 bits per heavy atom. The Labute approximate surface area is 131 Å². The minimum absolute atomic E-state index is 0.424. The average Bonchev–Trinajstić information content (AvgIpc) is 3.01.